The van der Waals surface area contributed by atoms with E-state index in [1.807, 2.05) is 6.26 Å². The summed E-state index contributed by atoms with van der Waals surface area (Å²) in [6.45, 7) is 0. The molecule has 1 atom stereocenters. The molecule has 0 unspecified atom stereocenters. The Morgan fingerprint density at radius 2 is 2.21 bits per heavy atom. The minimum Gasteiger partial charge on any atom is -0.478 e. The maximum atomic E-state index is 11.8. The number of benzene rings is 1. The zero-order valence-electron chi connectivity index (χ0n) is 10.4. The molecular formula is C12H15BrN2O3S. The Bertz CT molecular complexity index is 482. The number of carboxylic acid groups (broad SMARTS) is 1. The molecule has 4 N–H and O–H groups in total. The fourth-order valence-corrected chi connectivity index (χ4v) is 2.32. The van der Waals surface area contributed by atoms with Crippen LogP contribution < -0.4 is 11.1 Å². The van der Waals surface area contributed by atoms with Gasteiger partial charge in [-0.1, -0.05) is 0 Å². The van der Waals surface area contributed by atoms with Crippen LogP contribution in [0.4, 0.5) is 5.69 Å². The predicted octanol–water partition coefficient (Wildman–Crippen LogP) is 2.17. The minimum atomic E-state index is -1.02. The summed E-state index contributed by atoms with van der Waals surface area (Å²) in [6, 6.07) is 3.83. The lowest BCUT2D eigenvalue weighted by Crippen LogP contribution is -2.36. The van der Waals surface area contributed by atoms with E-state index in [9.17, 15) is 9.59 Å². The molecule has 7 heteroatoms. The molecule has 0 bridgehead atoms. The van der Waals surface area contributed by atoms with Crippen LogP contribution in [-0.4, -0.2) is 35.0 Å². The summed E-state index contributed by atoms with van der Waals surface area (Å²) in [4.78, 5) is 22.6. The number of anilines is 1. The van der Waals surface area contributed by atoms with Gasteiger partial charge < -0.3 is 16.2 Å². The molecule has 19 heavy (non-hydrogen) atoms. The van der Waals surface area contributed by atoms with Gasteiger partial charge in [-0.05, 0) is 52.6 Å². The van der Waals surface area contributed by atoms with Gasteiger partial charge in [0.25, 0.3) is 0 Å². The molecule has 0 heterocycles. The lowest BCUT2D eigenvalue weighted by atomic mass is 10.2. The topological polar surface area (TPSA) is 92.4 Å². The molecule has 1 aromatic carbocycles. The molecular weight excluding hydrogens is 332 g/mol. The van der Waals surface area contributed by atoms with Gasteiger partial charge in [-0.2, -0.15) is 11.8 Å². The summed E-state index contributed by atoms with van der Waals surface area (Å²) in [5, 5.41) is 11.5. The molecule has 1 rings (SSSR count). The molecule has 1 aromatic rings. The summed E-state index contributed by atoms with van der Waals surface area (Å²) in [5.41, 5.74) is 6.40. The van der Waals surface area contributed by atoms with Gasteiger partial charge >= 0.3 is 5.97 Å². The van der Waals surface area contributed by atoms with Crippen molar-refractivity contribution in [2.24, 2.45) is 5.73 Å². The Morgan fingerprint density at radius 3 is 2.74 bits per heavy atom. The molecule has 104 valence electrons. The highest BCUT2D eigenvalue weighted by molar-refractivity contribution is 9.10. The maximum absolute atomic E-state index is 11.8. The number of rotatable bonds is 6. The monoisotopic (exact) mass is 346 g/mol. The van der Waals surface area contributed by atoms with Crippen molar-refractivity contribution >= 4 is 45.3 Å². The summed E-state index contributed by atoms with van der Waals surface area (Å²) in [5.74, 6) is -0.485. The second kappa shape index (κ2) is 7.52. The van der Waals surface area contributed by atoms with E-state index in [0.717, 1.165) is 5.75 Å². The number of amides is 1. The third-order valence-corrected chi connectivity index (χ3v) is 3.74. The van der Waals surface area contributed by atoms with Crippen molar-refractivity contribution in [3.8, 4) is 0 Å². The van der Waals surface area contributed by atoms with E-state index in [4.69, 9.17) is 10.8 Å². The lowest BCUT2D eigenvalue weighted by Gasteiger charge is -2.13. The molecule has 5 nitrogen and oxygen atoms in total. The van der Waals surface area contributed by atoms with Crippen LogP contribution in [0, 0.1) is 0 Å². The van der Waals surface area contributed by atoms with Gasteiger partial charge in [-0.25, -0.2) is 4.79 Å². The van der Waals surface area contributed by atoms with Crippen molar-refractivity contribution in [2.45, 2.75) is 12.5 Å². The fourth-order valence-electron chi connectivity index (χ4n) is 1.35. The number of thioether (sulfide) groups is 1. The van der Waals surface area contributed by atoms with Crippen molar-refractivity contribution in [3.05, 3.63) is 28.2 Å². The van der Waals surface area contributed by atoms with Gasteiger partial charge in [0.15, 0.2) is 0 Å². The number of carboxylic acids is 1. The van der Waals surface area contributed by atoms with Crippen molar-refractivity contribution in [2.75, 3.05) is 17.3 Å². The summed E-state index contributed by atoms with van der Waals surface area (Å²) >= 11 is 4.85. The van der Waals surface area contributed by atoms with Crippen LogP contribution in [0.3, 0.4) is 0 Å². The summed E-state index contributed by atoms with van der Waals surface area (Å²) in [6.07, 6.45) is 2.55. The molecule has 0 aliphatic heterocycles. The van der Waals surface area contributed by atoms with Crippen LogP contribution in [-0.2, 0) is 4.79 Å². The first-order chi connectivity index (χ1) is 8.95. The third kappa shape index (κ3) is 4.85. The smallest absolute Gasteiger partial charge is 0.335 e. The first kappa shape index (κ1) is 16.0. The first-order valence-corrected chi connectivity index (χ1v) is 7.72. The first-order valence-electron chi connectivity index (χ1n) is 5.54. The number of aromatic carboxylic acids is 1. The number of hydrogen-bond donors (Lipinski definition) is 3. The van der Waals surface area contributed by atoms with Crippen LogP contribution in [0.5, 0.6) is 0 Å². The van der Waals surface area contributed by atoms with E-state index < -0.39 is 12.0 Å². The van der Waals surface area contributed by atoms with Crippen molar-refractivity contribution in [1.82, 2.24) is 0 Å². The number of carbonyl (C=O) groups excluding carboxylic acids is 1. The van der Waals surface area contributed by atoms with E-state index >= 15 is 0 Å². The lowest BCUT2D eigenvalue weighted by molar-refractivity contribution is -0.117. The van der Waals surface area contributed by atoms with E-state index in [2.05, 4.69) is 21.2 Å². The van der Waals surface area contributed by atoms with Gasteiger partial charge in [-0.3, -0.25) is 4.79 Å². The SMILES string of the molecule is CSCC[C@@H](N)C(=O)Nc1ccc(C(=O)O)cc1Br. The molecule has 0 fully saturated rings. The van der Waals surface area contributed by atoms with E-state index in [-0.39, 0.29) is 11.5 Å². The van der Waals surface area contributed by atoms with Gasteiger partial charge in [-0.15, -0.1) is 0 Å². The van der Waals surface area contributed by atoms with E-state index in [1.54, 1.807) is 11.8 Å². The number of halogens is 1. The number of hydrogen-bond acceptors (Lipinski definition) is 4. The number of nitrogens with two attached hydrogens (primary N) is 1. The molecule has 0 saturated heterocycles. The number of carbonyl (C=O) groups is 2. The second-order valence-electron chi connectivity index (χ2n) is 3.88. The van der Waals surface area contributed by atoms with Gasteiger partial charge in [0.05, 0.1) is 17.3 Å². The van der Waals surface area contributed by atoms with Crippen molar-refractivity contribution < 1.29 is 14.7 Å². The fraction of sp³-hybridized carbons (Fsp3) is 0.333. The molecule has 0 aliphatic carbocycles. The molecule has 1 amide bonds. The standard InChI is InChI=1S/C12H15BrN2O3S/c1-19-5-4-9(14)11(16)15-10-3-2-7(12(17)18)6-8(10)13/h2-3,6,9H,4-5,14H2,1H3,(H,15,16)(H,17,18)/t9-/m1/s1. The number of nitrogens with one attached hydrogen (secondary N) is 1. The maximum Gasteiger partial charge on any atom is 0.335 e. The van der Waals surface area contributed by atoms with Crippen LogP contribution >= 0.6 is 27.7 Å². The Hall–Kier alpha value is -1.05. The molecule has 0 saturated carbocycles. The van der Waals surface area contributed by atoms with Crippen LogP contribution in [0.1, 0.15) is 16.8 Å². The molecule has 0 aliphatic rings. The molecule has 0 spiro atoms. The second-order valence-corrected chi connectivity index (χ2v) is 5.72. The van der Waals surface area contributed by atoms with Gasteiger partial charge in [0.2, 0.25) is 5.91 Å². The summed E-state index contributed by atoms with van der Waals surface area (Å²) in [7, 11) is 0. The highest BCUT2D eigenvalue weighted by Gasteiger charge is 2.15. The normalized spacial score (nSPS) is 11.9. The van der Waals surface area contributed by atoms with E-state index in [1.165, 1.54) is 18.2 Å². The Labute approximate surface area is 124 Å². The Kier molecular flexibility index (Phi) is 6.33. The van der Waals surface area contributed by atoms with Crippen LogP contribution in [0.2, 0.25) is 0 Å². The highest BCUT2D eigenvalue weighted by Crippen LogP contribution is 2.24. The zero-order valence-corrected chi connectivity index (χ0v) is 12.8. The molecule has 0 radical (unpaired) electrons. The highest BCUT2D eigenvalue weighted by atomic mass is 79.9. The quantitative estimate of drug-likeness (QED) is 0.733. The zero-order chi connectivity index (χ0) is 14.4. The van der Waals surface area contributed by atoms with Crippen LogP contribution in [0.25, 0.3) is 0 Å². The van der Waals surface area contributed by atoms with E-state index in [0.29, 0.717) is 16.6 Å². The van der Waals surface area contributed by atoms with Gasteiger partial charge in [0, 0.05) is 4.47 Å². The predicted molar refractivity (Wildman–Crippen MR) is 80.7 cm³/mol. The minimum absolute atomic E-state index is 0.150. The Balaban J connectivity index is 2.72. The van der Waals surface area contributed by atoms with Crippen LogP contribution in [0.15, 0.2) is 22.7 Å². The average Bonchev–Trinajstić information content (AvgIpc) is 2.37. The largest absolute Gasteiger partial charge is 0.478 e. The average molecular weight is 347 g/mol. The molecule has 0 aromatic heterocycles. The van der Waals surface area contributed by atoms with Crippen molar-refractivity contribution in [3.63, 3.8) is 0 Å². The third-order valence-electron chi connectivity index (χ3n) is 2.44. The van der Waals surface area contributed by atoms with Crippen molar-refractivity contribution in [1.29, 1.82) is 0 Å². The van der Waals surface area contributed by atoms with Gasteiger partial charge in [0.1, 0.15) is 0 Å². The Morgan fingerprint density at radius 1 is 1.53 bits per heavy atom. The summed E-state index contributed by atoms with van der Waals surface area (Å²) < 4.78 is 0.512.